The molecule has 0 saturated heterocycles. The van der Waals surface area contributed by atoms with Gasteiger partial charge in [0.2, 0.25) is 0 Å². The highest BCUT2D eigenvalue weighted by atomic mass is 35.5. The molecule has 0 aliphatic rings. The van der Waals surface area contributed by atoms with E-state index < -0.39 is 18.0 Å². The van der Waals surface area contributed by atoms with Gasteiger partial charge in [0.05, 0.1) is 13.7 Å². The van der Waals surface area contributed by atoms with Crippen LogP contribution in [0.4, 0.5) is 0 Å². The third-order valence-electron chi connectivity index (χ3n) is 3.34. The van der Waals surface area contributed by atoms with Crippen molar-refractivity contribution >= 4 is 23.5 Å². The van der Waals surface area contributed by atoms with Gasteiger partial charge in [0.15, 0.2) is 0 Å². The highest BCUT2D eigenvalue weighted by Crippen LogP contribution is 2.28. The number of carbonyl (C=O) groups excluding carboxylic acids is 2. The van der Waals surface area contributed by atoms with Crippen LogP contribution in [0.25, 0.3) is 11.3 Å². The van der Waals surface area contributed by atoms with Gasteiger partial charge in [0.1, 0.15) is 23.1 Å². The maximum atomic E-state index is 12.1. The molecule has 2 N–H and O–H groups in total. The van der Waals surface area contributed by atoms with Crippen LogP contribution in [0, 0.1) is 0 Å². The Bertz CT molecular complexity index is 723. The van der Waals surface area contributed by atoms with Gasteiger partial charge >= 0.3 is 11.9 Å². The van der Waals surface area contributed by atoms with Gasteiger partial charge in [-0.15, -0.1) is 0 Å². The molecule has 6 nitrogen and oxygen atoms in total. The van der Waals surface area contributed by atoms with E-state index in [9.17, 15) is 9.59 Å². The van der Waals surface area contributed by atoms with Crippen LogP contribution in [-0.2, 0) is 20.7 Å². The number of carbonyl (C=O) groups is 2. The Kier molecular flexibility index (Phi) is 6.00. The van der Waals surface area contributed by atoms with Crippen molar-refractivity contribution in [2.45, 2.75) is 19.4 Å². The first-order chi connectivity index (χ1) is 11.5. The second kappa shape index (κ2) is 7.99. The predicted molar refractivity (Wildman–Crippen MR) is 88.8 cm³/mol. The number of nitrogens with two attached hydrogens (primary N) is 1. The molecule has 1 atom stereocenters. The molecule has 0 radical (unpaired) electrons. The normalized spacial score (nSPS) is 11.8. The fourth-order valence-electron chi connectivity index (χ4n) is 2.15. The van der Waals surface area contributed by atoms with E-state index in [0.29, 0.717) is 10.8 Å². The van der Waals surface area contributed by atoms with Crippen LogP contribution in [0.5, 0.6) is 0 Å². The average Bonchev–Trinajstić information content (AvgIpc) is 2.98. The molecule has 1 unspecified atom stereocenters. The molecule has 0 fully saturated rings. The Morgan fingerprint density at radius 3 is 2.54 bits per heavy atom. The van der Waals surface area contributed by atoms with Crippen LogP contribution in [0.3, 0.4) is 0 Å². The van der Waals surface area contributed by atoms with Crippen molar-refractivity contribution in [2.75, 3.05) is 13.7 Å². The van der Waals surface area contributed by atoms with E-state index in [-0.39, 0.29) is 24.4 Å². The van der Waals surface area contributed by atoms with Crippen molar-refractivity contribution in [2.24, 2.45) is 5.73 Å². The molecule has 2 rings (SSSR count). The maximum Gasteiger partial charge on any atom is 0.341 e. The maximum absolute atomic E-state index is 12.1. The van der Waals surface area contributed by atoms with E-state index in [2.05, 4.69) is 4.74 Å². The minimum absolute atomic E-state index is 0.0222. The number of ether oxygens (including phenoxy) is 2. The van der Waals surface area contributed by atoms with E-state index >= 15 is 0 Å². The molecular weight excluding hydrogens is 334 g/mol. The molecule has 0 bridgehead atoms. The fraction of sp³-hybridized carbons (Fsp3) is 0.294. The number of hydrogen-bond donors (Lipinski definition) is 1. The molecule has 0 amide bonds. The van der Waals surface area contributed by atoms with Gasteiger partial charge in [0.25, 0.3) is 0 Å². The van der Waals surface area contributed by atoms with E-state index in [1.165, 1.54) is 7.11 Å². The fourth-order valence-corrected chi connectivity index (χ4v) is 2.28. The van der Waals surface area contributed by atoms with Crippen molar-refractivity contribution in [3.05, 3.63) is 46.7 Å². The number of furan rings is 1. The first kappa shape index (κ1) is 18.0. The lowest BCUT2D eigenvalue weighted by Crippen LogP contribution is -2.34. The number of esters is 2. The zero-order chi connectivity index (χ0) is 17.7. The molecule has 0 aliphatic carbocycles. The molecule has 128 valence electrons. The molecule has 0 saturated carbocycles. The van der Waals surface area contributed by atoms with Crippen LogP contribution in [0.2, 0.25) is 5.02 Å². The summed E-state index contributed by atoms with van der Waals surface area (Å²) in [5.41, 5.74) is 6.74. The predicted octanol–water partition coefficient (Wildman–Crippen LogP) is 2.82. The van der Waals surface area contributed by atoms with E-state index in [4.69, 9.17) is 26.5 Å². The minimum Gasteiger partial charge on any atom is -0.468 e. The Labute approximate surface area is 144 Å². The summed E-state index contributed by atoms with van der Waals surface area (Å²) in [5.74, 6) is -0.388. The lowest BCUT2D eigenvalue weighted by molar-refractivity contribution is -0.142. The molecule has 0 aliphatic heterocycles. The van der Waals surface area contributed by atoms with Crippen LogP contribution >= 0.6 is 11.6 Å². The molecule has 1 heterocycles. The average molecular weight is 352 g/mol. The van der Waals surface area contributed by atoms with Gasteiger partial charge in [-0.3, -0.25) is 4.79 Å². The van der Waals surface area contributed by atoms with E-state index in [0.717, 1.165) is 5.56 Å². The smallest absolute Gasteiger partial charge is 0.341 e. The summed E-state index contributed by atoms with van der Waals surface area (Å²) in [6.45, 7) is 1.93. The van der Waals surface area contributed by atoms with Gasteiger partial charge in [-0.1, -0.05) is 11.6 Å². The molecule has 1 aromatic carbocycles. The van der Waals surface area contributed by atoms with Crippen molar-refractivity contribution in [3.8, 4) is 11.3 Å². The minimum atomic E-state index is -0.938. The first-order valence-corrected chi connectivity index (χ1v) is 7.73. The Balaban J connectivity index is 2.37. The lowest BCUT2D eigenvalue weighted by atomic mass is 10.1. The Hall–Kier alpha value is -2.31. The molecular formula is C17H18ClNO5. The van der Waals surface area contributed by atoms with Gasteiger partial charge in [0, 0.05) is 17.0 Å². The third kappa shape index (κ3) is 4.15. The standard InChI is InChI=1S/C17H18ClNO5/c1-3-23-16(20)12-8-14(10-4-6-11(18)7-5-10)24-15(12)9-13(19)17(21)22-2/h4-8,13H,3,9,19H2,1-2H3. The summed E-state index contributed by atoms with van der Waals surface area (Å²) in [7, 11) is 1.25. The van der Waals surface area contributed by atoms with Crippen LogP contribution in [-0.4, -0.2) is 31.7 Å². The SMILES string of the molecule is CCOC(=O)c1cc(-c2ccc(Cl)cc2)oc1CC(N)C(=O)OC. The topological polar surface area (TPSA) is 91.8 Å². The summed E-state index contributed by atoms with van der Waals surface area (Å²) < 4.78 is 15.4. The number of hydrogen-bond acceptors (Lipinski definition) is 6. The number of halogens is 1. The van der Waals surface area contributed by atoms with Crippen LogP contribution < -0.4 is 5.73 Å². The number of benzene rings is 1. The molecule has 24 heavy (non-hydrogen) atoms. The summed E-state index contributed by atoms with van der Waals surface area (Å²) >= 11 is 5.87. The van der Waals surface area contributed by atoms with Gasteiger partial charge < -0.3 is 19.6 Å². The third-order valence-corrected chi connectivity index (χ3v) is 3.59. The van der Waals surface area contributed by atoms with Gasteiger partial charge in [-0.2, -0.15) is 0 Å². The van der Waals surface area contributed by atoms with Crippen LogP contribution in [0.15, 0.2) is 34.7 Å². The van der Waals surface area contributed by atoms with Crippen molar-refractivity contribution in [1.82, 2.24) is 0 Å². The summed E-state index contributed by atoms with van der Waals surface area (Å²) in [6, 6.07) is 7.58. The highest BCUT2D eigenvalue weighted by Gasteiger charge is 2.24. The number of rotatable bonds is 6. The molecule has 2 aromatic rings. The Morgan fingerprint density at radius 2 is 1.96 bits per heavy atom. The lowest BCUT2D eigenvalue weighted by Gasteiger charge is -2.08. The van der Waals surface area contributed by atoms with Crippen molar-refractivity contribution < 1.29 is 23.5 Å². The summed E-state index contributed by atoms with van der Waals surface area (Å²) in [4.78, 5) is 23.6. The van der Waals surface area contributed by atoms with E-state index in [1.807, 2.05) is 0 Å². The molecule has 7 heteroatoms. The molecule has 0 spiro atoms. The first-order valence-electron chi connectivity index (χ1n) is 7.35. The monoisotopic (exact) mass is 351 g/mol. The molecule has 1 aromatic heterocycles. The second-order valence-corrected chi connectivity index (χ2v) is 5.45. The largest absolute Gasteiger partial charge is 0.468 e. The second-order valence-electron chi connectivity index (χ2n) is 5.01. The summed E-state index contributed by atoms with van der Waals surface area (Å²) in [6.07, 6.45) is 0.0222. The summed E-state index contributed by atoms with van der Waals surface area (Å²) in [5, 5.41) is 0.587. The van der Waals surface area contributed by atoms with E-state index in [1.54, 1.807) is 37.3 Å². The van der Waals surface area contributed by atoms with Gasteiger partial charge in [-0.05, 0) is 37.3 Å². The number of methoxy groups -OCH3 is 1. The van der Waals surface area contributed by atoms with Crippen LogP contribution in [0.1, 0.15) is 23.0 Å². The zero-order valence-corrected chi connectivity index (χ0v) is 14.1. The van der Waals surface area contributed by atoms with Crippen molar-refractivity contribution in [3.63, 3.8) is 0 Å². The Morgan fingerprint density at radius 1 is 1.29 bits per heavy atom. The zero-order valence-electron chi connectivity index (χ0n) is 13.4. The van der Waals surface area contributed by atoms with Gasteiger partial charge in [-0.25, -0.2) is 4.79 Å². The quantitative estimate of drug-likeness (QED) is 0.804. The highest BCUT2D eigenvalue weighted by molar-refractivity contribution is 6.30. The van der Waals surface area contributed by atoms with Crippen molar-refractivity contribution in [1.29, 1.82) is 0 Å².